The number of rotatable bonds is 11. The van der Waals surface area contributed by atoms with Crippen molar-refractivity contribution < 1.29 is 33.9 Å². The number of nitrogens with one attached hydrogen (secondary N) is 1. The van der Waals surface area contributed by atoms with E-state index in [0.29, 0.717) is 17.8 Å². The number of dihydropyridines is 1. The highest BCUT2D eigenvalue weighted by Crippen LogP contribution is 2.39. The number of nitrogens with zero attached hydrogens (tertiary/aromatic N) is 4. The summed E-state index contributed by atoms with van der Waals surface area (Å²) in [5, 5.41) is 23.6. The van der Waals surface area contributed by atoms with Crippen molar-refractivity contribution in [3.8, 4) is 0 Å². The van der Waals surface area contributed by atoms with Gasteiger partial charge in [0.25, 0.3) is 5.09 Å². The summed E-state index contributed by atoms with van der Waals surface area (Å²) in [4.78, 5) is 55.4. The summed E-state index contributed by atoms with van der Waals surface area (Å²) in [6.45, 7) is 6.38. The van der Waals surface area contributed by atoms with Gasteiger partial charge in [-0.05, 0) is 45.5 Å². The molecule has 1 aliphatic rings. The van der Waals surface area contributed by atoms with Crippen molar-refractivity contribution in [2.45, 2.75) is 52.6 Å². The molecular weight excluding hydrogens is 454 g/mol. The van der Waals surface area contributed by atoms with Crippen LogP contribution in [0.5, 0.6) is 0 Å². The van der Waals surface area contributed by atoms with E-state index in [-0.39, 0.29) is 42.4 Å². The predicted octanol–water partition coefficient (Wildman–Crippen LogP) is 2.05. The van der Waals surface area contributed by atoms with Crippen LogP contribution >= 0.6 is 0 Å². The molecule has 1 unspecified atom stereocenters. The van der Waals surface area contributed by atoms with E-state index in [4.69, 9.17) is 9.47 Å². The molecule has 0 aliphatic carbocycles. The number of aromatic nitrogens is 2. The normalized spacial score (nSPS) is 15.8. The molecule has 1 aromatic heterocycles. The third kappa shape index (κ3) is 6.08. The number of imidazole rings is 1. The summed E-state index contributed by atoms with van der Waals surface area (Å²) in [7, 11) is 1.41. The lowest BCUT2D eigenvalue weighted by molar-refractivity contribution is -0.757. The molecule has 186 valence electrons. The van der Waals surface area contributed by atoms with E-state index in [0.717, 1.165) is 6.20 Å². The van der Waals surface area contributed by atoms with Gasteiger partial charge in [-0.15, -0.1) is 10.1 Å². The van der Waals surface area contributed by atoms with E-state index in [2.05, 4.69) is 15.1 Å². The first-order chi connectivity index (χ1) is 16.0. The van der Waals surface area contributed by atoms with Crippen LogP contribution in [0.3, 0.4) is 0 Å². The van der Waals surface area contributed by atoms with Crippen molar-refractivity contribution in [1.29, 1.82) is 0 Å². The number of unbranched alkanes of at least 4 members (excludes halogenated alkanes) is 1. The highest BCUT2D eigenvalue weighted by molar-refractivity contribution is 5.99. The number of carbonyl (C=O) groups excluding carboxylic acids is 2. The van der Waals surface area contributed by atoms with Crippen molar-refractivity contribution in [3.05, 3.63) is 54.8 Å². The third-order valence-corrected chi connectivity index (χ3v) is 4.96. The number of ether oxygens (including phenoxy) is 2. The Morgan fingerprint density at radius 3 is 2.24 bits per heavy atom. The Hall–Kier alpha value is -3.97. The molecule has 0 saturated carbocycles. The van der Waals surface area contributed by atoms with Crippen molar-refractivity contribution in [1.82, 2.24) is 14.9 Å². The molecule has 0 bridgehead atoms. The van der Waals surface area contributed by atoms with E-state index in [1.54, 1.807) is 27.7 Å². The van der Waals surface area contributed by atoms with Gasteiger partial charge in [-0.3, -0.25) is 0 Å². The minimum Gasteiger partial charge on any atom is -0.462 e. The molecule has 0 amide bonds. The molecule has 0 aromatic carbocycles. The lowest BCUT2D eigenvalue weighted by Crippen LogP contribution is -2.34. The van der Waals surface area contributed by atoms with Gasteiger partial charge < -0.3 is 29.7 Å². The summed E-state index contributed by atoms with van der Waals surface area (Å²) < 4.78 is 11.9. The molecular formula is C20H27N5O9. The summed E-state index contributed by atoms with van der Waals surface area (Å²) in [6.07, 6.45) is 1.18. The lowest BCUT2D eigenvalue weighted by atomic mass is 9.84. The summed E-state index contributed by atoms with van der Waals surface area (Å²) in [6, 6.07) is 0. The maximum absolute atomic E-state index is 13.1. The lowest BCUT2D eigenvalue weighted by Gasteiger charge is -2.29. The van der Waals surface area contributed by atoms with Gasteiger partial charge in [-0.2, -0.15) is 0 Å². The molecule has 0 radical (unpaired) electrons. The van der Waals surface area contributed by atoms with Crippen LogP contribution in [-0.2, 0) is 30.9 Å². The standard InChI is InChI=1S/C20H27N5O9/c1-11(2)34-20(27)16-13(4)22-12(3)15(19(26)32-8-6-7-9-33-25(30)31)17(16)18-21-10-14(23(18)5)24(28)29/h10-11,17,22H,6-9H2,1-5H3. The zero-order valence-corrected chi connectivity index (χ0v) is 19.5. The van der Waals surface area contributed by atoms with Crippen LogP contribution < -0.4 is 5.32 Å². The van der Waals surface area contributed by atoms with Crippen molar-refractivity contribution in [2.24, 2.45) is 7.05 Å². The maximum Gasteiger partial charge on any atom is 0.342 e. The Labute approximate surface area is 194 Å². The molecule has 1 aliphatic heterocycles. The van der Waals surface area contributed by atoms with Crippen molar-refractivity contribution in [2.75, 3.05) is 13.2 Å². The van der Waals surface area contributed by atoms with E-state index in [1.165, 1.54) is 11.6 Å². The zero-order valence-electron chi connectivity index (χ0n) is 19.5. The van der Waals surface area contributed by atoms with E-state index < -0.39 is 34.0 Å². The Balaban J connectivity index is 2.39. The number of hydrogen-bond acceptors (Lipinski definition) is 11. The summed E-state index contributed by atoms with van der Waals surface area (Å²) >= 11 is 0. The highest BCUT2D eigenvalue weighted by Gasteiger charge is 2.43. The average Bonchev–Trinajstić information content (AvgIpc) is 3.10. The van der Waals surface area contributed by atoms with E-state index in [9.17, 15) is 29.8 Å². The quantitative estimate of drug-likeness (QED) is 0.212. The molecule has 0 fully saturated rings. The smallest absolute Gasteiger partial charge is 0.342 e. The molecule has 14 nitrogen and oxygen atoms in total. The van der Waals surface area contributed by atoms with E-state index in [1.807, 2.05) is 0 Å². The first-order valence-electron chi connectivity index (χ1n) is 10.5. The molecule has 0 spiro atoms. The Bertz CT molecular complexity index is 1040. The minimum absolute atomic E-state index is 0.0476. The van der Waals surface area contributed by atoms with Crippen molar-refractivity contribution in [3.63, 3.8) is 0 Å². The molecule has 2 heterocycles. The first-order valence-corrected chi connectivity index (χ1v) is 10.5. The molecule has 14 heteroatoms. The number of nitro groups is 1. The number of hydrogen-bond donors (Lipinski definition) is 1. The predicted molar refractivity (Wildman–Crippen MR) is 116 cm³/mol. The Morgan fingerprint density at radius 2 is 1.71 bits per heavy atom. The largest absolute Gasteiger partial charge is 0.462 e. The fourth-order valence-corrected chi connectivity index (χ4v) is 3.51. The second kappa shape index (κ2) is 11.2. The van der Waals surface area contributed by atoms with Crippen LogP contribution in [-0.4, -0.2) is 50.8 Å². The molecule has 1 atom stereocenters. The van der Waals surface area contributed by atoms with Gasteiger partial charge >= 0.3 is 17.8 Å². The topological polar surface area (TPSA) is 178 Å². The minimum atomic E-state index is -1.09. The van der Waals surface area contributed by atoms with Crippen LogP contribution in [0.25, 0.3) is 0 Å². The Kier molecular flexibility index (Phi) is 8.70. The first kappa shape index (κ1) is 26.3. The van der Waals surface area contributed by atoms with Gasteiger partial charge in [-0.25, -0.2) is 19.1 Å². The maximum atomic E-state index is 13.1. The number of allylic oxidation sites excluding steroid dienone is 2. The zero-order chi connectivity index (χ0) is 25.6. The SMILES string of the molecule is CC1=C(C(=O)OCCCCO[N+](=O)[O-])C(c2ncc([N+](=O)[O-])n2C)C(C(=O)OC(C)C)=C(C)N1. The van der Waals surface area contributed by atoms with Crippen LogP contribution in [0.15, 0.2) is 28.7 Å². The van der Waals surface area contributed by atoms with Crippen molar-refractivity contribution >= 4 is 17.8 Å². The Morgan fingerprint density at radius 1 is 1.12 bits per heavy atom. The monoisotopic (exact) mass is 481 g/mol. The molecule has 34 heavy (non-hydrogen) atoms. The molecule has 1 aromatic rings. The van der Waals surface area contributed by atoms with Gasteiger partial charge in [0, 0.05) is 11.4 Å². The summed E-state index contributed by atoms with van der Waals surface area (Å²) in [5.41, 5.74) is 0.920. The average molecular weight is 481 g/mol. The molecule has 1 N–H and O–H groups in total. The van der Waals surface area contributed by atoms with Gasteiger partial charge in [0.2, 0.25) is 5.82 Å². The van der Waals surface area contributed by atoms with E-state index >= 15 is 0 Å². The van der Waals surface area contributed by atoms with Crippen LogP contribution in [0.1, 0.15) is 52.3 Å². The van der Waals surface area contributed by atoms with Crippen LogP contribution in [0, 0.1) is 20.2 Å². The van der Waals surface area contributed by atoms with Gasteiger partial charge in [-0.1, -0.05) is 0 Å². The highest BCUT2D eigenvalue weighted by atomic mass is 16.9. The van der Waals surface area contributed by atoms with Crippen LogP contribution in [0.2, 0.25) is 0 Å². The number of carbonyl (C=O) groups is 2. The second-order valence-electron chi connectivity index (χ2n) is 7.78. The second-order valence-corrected chi connectivity index (χ2v) is 7.78. The van der Waals surface area contributed by atoms with Gasteiger partial charge in [0.15, 0.2) is 0 Å². The van der Waals surface area contributed by atoms with Crippen LogP contribution in [0.4, 0.5) is 5.82 Å². The van der Waals surface area contributed by atoms with Gasteiger partial charge in [0.1, 0.15) is 12.1 Å². The fourth-order valence-electron chi connectivity index (χ4n) is 3.51. The number of esters is 2. The molecule has 0 saturated heterocycles. The fraction of sp³-hybridized carbons (Fsp3) is 0.550. The van der Waals surface area contributed by atoms with Gasteiger partial charge in [0.05, 0.1) is 37.5 Å². The third-order valence-electron chi connectivity index (χ3n) is 4.96. The summed E-state index contributed by atoms with van der Waals surface area (Å²) in [5.74, 6) is -2.78. The molecule has 2 rings (SSSR count).